The van der Waals surface area contributed by atoms with Crippen LogP contribution in [0.3, 0.4) is 0 Å². The molecular weight excluding hydrogens is 212 g/mol. The average molecular weight is 222 g/mol. The second-order valence-electron chi connectivity index (χ2n) is 3.48. The number of phenols is 1. The molecule has 3 nitrogen and oxygen atoms in total. The first kappa shape index (κ1) is 10.9. The Hall–Kier alpha value is -2.60. The quantitative estimate of drug-likeness (QED) is 0.795. The van der Waals surface area contributed by atoms with E-state index < -0.39 is 0 Å². The maximum absolute atomic E-state index is 9.34. The summed E-state index contributed by atoms with van der Waals surface area (Å²) in [5.74, 6) is 0.178. The molecule has 0 atom stereocenters. The minimum atomic E-state index is 0.178. The summed E-state index contributed by atoms with van der Waals surface area (Å²) in [6.45, 7) is 0. The van der Waals surface area contributed by atoms with Crippen LogP contribution in [0.4, 0.5) is 0 Å². The standard InChI is InChI=1S/C14H10N2O/c15-10-12(14-6-1-2-7-16-14)8-11-4-3-5-13(17)9-11/h1-9,17H. The number of pyridine rings is 1. The van der Waals surface area contributed by atoms with E-state index >= 15 is 0 Å². The SMILES string of the molecule is N#CC(=Cc1cccc(O)c1)c1ccccn1. The summed E-state index contributed by atoms with van der Waals surface area (Å²) in [5.41, 5.74) is 1.86. The van der Waals surface area contributed by atoms with Gasteiger partial charge in [-0.2, -0.15) is 5.26 Å². The number of hydrogen-bond acceptors (Lipinski definition) is 3. The zero-order valence-electron chi connectivity index (χ0n) is 9.04. The van der Waals surface area contributed by atoms with Crippen LogP contribution in [0.2, 0.25) is 0 Å². The molecule has 0 unspecified atom stereocenters. The lowest BCUT2D eigenvalue weighted by atomic mass is 10.1. The van der Waals surface area contributed by atoms with E-state index in [1.54, 1.807) is 42.6 Å². The highest BCUT2D eigenvalue weighted by atomic mass is 16.3. The lowest BCUT2D eigenvalue weighted by Crippen LogP contribution is -1.85. The molecule has 82 valence electrons. The number of aromatic nitrogens is 1. The van der Waals surface area contributed by atoms with E-state index in [1.807, 2.05) is 12.1 Å². The van der Waals surface area contributed by atoms with Gasteiger partial charge in [0, 0.05) is 6.20 Å². The van der Waals surface area contributed by atoms with Crippen molar-refractivity contribution >= 4 is 11.6 Å². The summed E-state index contributed by atoms with van der Waals surface area (Å²) in [7, 11) is 0. The topological polar surface area (TPSA) is 56.9 Å². The van der Waals surface area contributed by atoms with Crippen molar-refractivity contribution in [2.75, 3.05) is 0 Å². The van der Waals surface area contributed by atoms with Crippen LogP contribution in [0.15, 0.2) is 48.7 Å². The van der Waals surface area contributed by atoms with Crippen LogP contribution < -0.4 is 0 Å². The molecule has 3 heteroatoms. The molecule has 0 radical (unpaired) electrons. The Morgan fingerprint density at radius 2 is 2.12 bits per heavy atom. The third-order valence-electron chi connectivity index (χ3n) is 2.24. The number of benzene rings is 1. The van der Waals surface area contributed by atoms with Crippen molar-refractivity contribution < 1.29 is 5.11 Å². The molecule has 0 spiro atoms. The minimum Gasteiger partial charge on any atom is -0.508 e. The molecule has 0 aliphatic rings. The molecule has 0 saturated heterocycles. The number of aromatic hydroxyl groups is 1. The normalized spacial score (nSPS) is 10.9. The number of nitrogens with zero attached hydrogens (tertiary/aromatic N) is 2. The van der Waals surface area contributed by atoms with E-state index in [-0.39, 0.29) is 5.75 Å². The van der Waals surface area contributed by atoms with Gasteiger partial charge in [-0.15, -0.1) is 0 Å². The number of allylic oxidation sites excluding steroid dienone is 1. The van der Waals surface area contributed by atoms with Crippen LogP contribution >= 0.6 is 0 Å². The summed E-state index contributed by atoms with van der Waals surface area (Å²) in [6, 6.07) is 14.2. The maximum Gasteiger partial charge on any atom is 0.116 e. The zero-order valence-corrected chi connectivity index (χ0v) is 9.04. The van der Waals surface area contributed by atoms with E-state index in [0.29, 0.717) is 11.3 Å². The van der Waals surface area contributed by atoms with Gasteiger partial charge < -0.3 is 5.11 Å². The van der Waals surface area contributed by atoms with Crippen molar-refractivity contribution in [1.29, 1.82) is 5.26 Å². The largest absolute Gasteiger partial charge is 0.508 e. The van der Waals surface area contributed by atoms with Gasteiger partial charge in [0.2, 0.25) is 0 Å². The highest BCUT2D eigenvalue weighted by Crippen LogP contribution is 2.18. The summed E-state index contributed by atoms with van der Waals surface area (Å²) in [4.78, 5) is 4.12. The number of nitriles is 1. The van der Waals surface area contributed by atoms with Crippen molar-refractivity contribution in [2.24, 2.45) is 0 Å². The van der Waals surface area contributed by atoms with Gasteiger partial charge in [0.1, 0.15) is 11.8 Å². The van der Waals surface area contributed by atoms with Gasteiger partial charge in [0.15, 0.2) is 0 Å². The predicted molar refractivity (Wildman–Crippen MR) is 65.8 cm³/mol. The van der Waals surface area contributed by atoms with Crippen molar-refractivity contribution in [2.45, 2.75) is 0 Å². The maximum atomic E-state index is 9.34. The molecule has 0 saturated carbocycles. The highest BCUT2D eigenvalue weighted by molar-refractivity contribution is 5.88. The first-order chi connectivity index (χ1) is 8.29. The number of hydrogen-bond donors (Lipinski definition) is 1. The van der Waals surface area contributed by atoms with Crippen LogP contribution in [-0.4, -0.2) is 10.1 Å². The molecule has 0 aliphatic carbocycles. The first-order valence-corrected chi connectivity index (χ1v) is 5.12. The Balaban J connectivity index is 2.41. The minimum absolute atomic E-state index is 0.178. The Morgan fingerprint density at radius 3 is 2.76 bits per heavy atom. The van der Waals surface area contributed by atoms with Crippen LogP contribution in [-0.2, 0) is 0 Å². The molecule has 0 fully saturated rings. The zero-order chi connectivity index (χ0) is 12.1. The van der Waals surface area contributed by atoms with Crippen molar-refractivity contribution in [3.8, 4) is 11.8 Å². The van der Waals surface area contributed by atoms with Gasteiger partial charge in [-0.3, -0.25) is 4.98 Å². The molecule has 2 aromatic rings. The predicted octanol–water partition coefficient (Wildman–Crippen LogP) is 2.85. The van der Waals surface area contributed by atoms with Gasteiger partial charge >= 0.3 is 0 Å². The smallest absolute Gasteiger partial charge is 0.116 e. The highest BCUT2D eigenvalue weighted by Gasteiger charge is 2.01. The van der Waals surface area contributed by atoms with E-state index in [2.05, 4.69) is 11.1 Å². The number of rotatable bonds is 2. The molecule has 1 N–H and O–H groups in total. The molecular formula is C14H10N2O. The molecule has 1 heterocycles. The van der Waals surface area contributed by atoms with Crippen molar-refractivity contribution in [3.63, 3.8) is 0 Å². The first-order valence-electron chi connectivity index (χ1n) is 5.12. The average Bonchev–Trinajstić information content (AvgIpc) is 2.37. The summed E-state index contributed by atoms with van der Waals surface area (Å²) >= 11 is 0. The summed E-state index contributed by atoms with van der Waals surface area (Å²) in [6.07, 6.45) is 3.34. The fourth-order valence-electron chi connectivity index (χ4n) is 1.47. The molecule has 0 aliphatic heterocycles. The molecule has 0 amide bonds. The monoisotopic (exact) mass is 222 g/mol. The van der Waals surface area contributed by atoms with Crippen LogP contribution in [0.5, 0.6) is 5.75 Å². The van der Waals surface area contributed by atoms with Crippen LogP contribution in [0.25, 0.3) is 11.6 Å². The van der Waals surface area contributed by atoms with Gasteiger partial charge in [-0.25, -0.2) is 0 Å². The second kappa shape index (κ2) is 4.95. The summed E-state index contributed by atoms with van der Waals surface area (Å²) in [5, 5.41) is 18.4. The molecule has 2 rings (SSSR count). The third kappa shape index (κ3) is 2.70. The second-order valence-corrected chi connectivity index (χ2v) is 3.48. The van der Waals surface area contributed by atoms with Crippen molar-refractivity contribution in [3.05, 3.63) is 59.9 Å². The van der Waals surface area contributed by atoms with E-state index in [1.165, 1.54) is 0 Å². The van der Waals surface area contributed by atoms with E-state index in [0.717, 1.165) is 5.56 Å². The Labute approximate surface area is 99.3 Å². The molecule has 1 aromatic carbocycles. The third-order valence-corrected chi connectivity index (χ3v) is 2.24. The van der Waals surface area contributed by atoms with Gasteiger partial charge in [0.05, 0.1) is 11.3 Å². The van der Waals surface area contributed by atoms with Gasteiger partial charge in [-0.1, -0.05) is 18.2 Å². The lowest BCUT2D eigenvalue weighted by Gasteiger charge is -1.99. The number of phenolic OH excluding ortho intramolecular Hbond substituents is 1. The molecule has 17 heavy (non-hydrogen) atoms. The Morgan fingerprint density at radius 1 is 1.24 bits per heavy atom. The van der Waals surface area contributed by atoms with Gasteiger partial charge in [0.25, 0.3) is 0 Å². The Bertz CT molecular complexity index is 583. The summed E-state index contributed by atoms with van der Waals surface area (Å²) < 4.78 is 0. The van der Waals surface area contributed by atoms with Crippen LogP contribution in [0.1, 0.15) is 11.3 Å². The fraction of sp³-hybridized carbons (Fsp3) is 0. The van der Waals surface area contributed by atoms with Gasteiger partial charge in [-0.05, 0) is 35.9 Å². The fourth-order valence-corrected chi connectivity index (χ4v) is 1.47. The lowest BCUT2D eigenvalue weighted by molar-refractivity contribution is 0.475. The van der Waals surface area contributed by atoms with E-state index in [9.17, 15) is 5.11 Å². The van der Waals surface area contributed by atoms with Crippen molar-refractivity contribution in [1.82, 2.24) is 4.98 Å². The molecule has 1 aromatic heterocycles. The van der Waals surface area contributed by atoms with E-state index in [4.69, 9.17) is 5.26 Å². The van der Waals surface area contributed by atoms with Crippen LogP contribution in [0, 0.1) is 11.3 Å². The molecule has 0 bridgehead atoms. The Kier molecular flexibility index (Phi) is 3.18.